The number of nitrogens with one attached hydrogen (secondary N) is 1. The molecule has 0 unspecified atom stereocenters. The van der Waals surface area contributed by atoms with Gasteiger partial charge in [-0.2, -0.15) is 4.31 Å². The lowest BCUT2D eigenvalue weighted by molar-refractivity contribution is 0.444. The van der Waals surface area contributed by atoms with Crippen molar-refractivity contribution in [3.63, 3.8) is 0 Å². The maximum Gasteiger partial charge on any atom is 0.268 e. The molecule has 0 atom stereocenters. The molecule has 3 aromatic heterocycles. The van der Waals surface area contributed by atoms with Gasteiger partial charge in [0, 0.05) is 43.3 Å². The van der Waals surface area contributed by atoms with Crippen LogP contribution in [0.1, 0.15) is 13.8 Å². The number of aromatic amines is 1. The van der Waals surface area contributed by atoms with Crippen LogP contribution < -0.4 is 5.56 Å². The van der Waals surface area contributed by atoms with Crippen molar-refractivity contribution in [2.24, 2.45) is 0 Å². The van der Waals surface area contributed by atoms with Crippen molar-refractivity contribution in [2.75, 3.05) is 13.1 Å². The number of fused-ring (bicyclic) bond motifs is 1. The van der Waals surface area contributed by atoms with E-state index in [1.165, 1.54) is 16.6 Å². The van der Waals surface area contributed by atoms with Crippen LogP contribution in [0.4, 0.5) is 0 Å². The number of H-pyrrole nitrogens is 1. The summed E-state index contributed by atoms with van der Waals surface area (Å²) >= 11 is 0. The van der Waals surface area contributed by atoms with E-state index in [4.69, 9.17) is 0 Å². The van der Waals surface area contributed by atoms with Crippen molar-refractivity contribution in [3.8, 4) is 22.3 Å². The van der Waals surface area contributed by atoms with Gasteiger partial charge in [0.2, 0.25) is 10.0 Å². The lowest BCUT2D eigenvalue weighted by atomic mass is 9.98. The van der Waals surface area contributed by atoms with Gasteiger partial charge in [-0.3, -0.25) is 14.8 Å². The van der Waals surface area contributed by atoms with Gasteiger partial charge >= 0.3 is 0 Å². The Morgan fingerprint density at radius 3 is 2.35 bits per heavy atom. The summed E-state index contributed by atoms with van der Waals surface area (Å²) in [7, 11) is -3.89. The molecule has 4 aromatic rings. The summed E-state index contributed by atoms with van der Waals surface area (Å²) in [6.07, 6.45) is 6.76. The largest absolute Gasteiger partial charge is 0.327 e. The summed E-state index contributed by atoms with van der Waals surface area (Å²) in [6, 6.07) is 12.9. The molecule has 0 amide bonds. The first-order valence-electron chi connectivity index (χ1n) is 9.98. The van der Waals surface area contributed by atoms with Gasteiger partial charge in [-0.25, -0.2) is 8.42 Å². The standard InChI is InChI=1S/C23H22N4O3S/c1-3-27(4-2)31(29,30)22-14-18(15-26-23(22)28)17-5-6-21-20(13-17)19(9-12-25-21)16-7-10-24-11-8-16/h5-15H,3-4H2,1-2H3,(H,26,28). The summed E-state index contributed by atoms with van der Waals surface area (Å²) in [5.41, 5.74) is 3.58. The second kappa shape index (κ2) is 8.41. The molecule has 7 nitrogen and oxygen atoms in total. The summed E-state index contributed by atoms with van der Waals surface area (Å²) < 4.78 is 27.2. The van der Waals surface area contributed by atoms with E-state index in [1.54, 1.807) is 32.4 Å². The Hall–Kier alpha value is -3.36. The third-order valence-electron chi connectivity index (χ3n) is 5.26. The molecule has 8 heteroatoms. The van der Waals surface area contributed by atoms with E-state index in [0.29, 0.717) is 18.7 Å². The first kappa shape index (κ1) is 20.9. The Balaban J connectivity index is 1.88. The van der Waals surface area contributed by atoms with Crippen LogP contribution in [0.3, 0.4) is 0 Å². The number of rotatable bonds is 6. The van der Waals surface area contributed by atoms with Crippen molar-refractivity contribution in [1.82, 2.24) is 19.3 Å². The van der Waals surface area contributed by atoms with E-state index in [2.05, 4.69) is 15.0 Å². The fourth-order valence-corrected chi connectivity index (χ4v) is 5.16. The number of aromatic nitrogens is 3. The number of pyridine rings is 3. The van der Waals surface area contributed by atoms with Gasteiger partial charge < -0.3 is 4.98 Å². The molecule has 1 aromatic carbocycles. The van der Waals surface area contributed by atoms with E-state index >= 15 is 0 Å². The lowest BCUT2D eigenvalue weighted by Crippen LogP contribution is -2.34. The van der Waals surface area contributed by atoms with Gasteiger partial charge in [0.25, 0.3) is 5.56 Å². The number of sulfonamides is 1. The van der Waals surface area contributed by atoms with Crippen LogP contribution >= 0.6 is 0 Å². The van der Waals surface area contributed by atoms with Gasteiger partial charge in [0.05, 0.1) is 5.52 Å². The van der Waals surface area contributed by atoms with E-state index in [9.17, 15) is 13.2 Å². The van der Waals surface area contributed by atoms with Crippen LogP contribution in [0, 0.1) is 0 Å². The summed E-state index contributed by atoms with van der Waals surface area (Å²) in [5.74, 6) is 0. The van der Waals surface area contributed by atoms with Crippen LogP contribution in [0.2, 0.25) is 0 Å². The highest BCUT2D eigenvalue weighted by Crippen LogP contribution is 2.31. The fourth-order valence-electron chi connectivity index (χ4n) is 3.63. The molecule has 1 N–H and O–H groups in total. The second-order valence-electron chi connectivity index (χ2n) is 7.00. The van der Waals surface area contributed by atoms with Crippen molar-refractivity contribution >= 4 is 20.9 Å². The van der Waals surface area contributed by atoms with E-state index in [-0.39, 0.29) is 4.90 Å². The van der Waals surface area contributed by atoms with Crippen LogP contribution in [0.5, 0.6) is 0 Å². The Morgan fingerprint density at radius 2 is 1.65 bits per heavy atom. The predicted octanol–water partition coefficient (Wildman–Crippen LogP) is 3.68. The molecule has 0 aliphatic rings. The van der Waals surface area contributed by atoms with Crippen molar-refractivity contribution in [2.45, 2.75) is 18.7 Å². The number of nitrogens with zero attached hydrogens (tertiary/aromatic N) is 3. The minimum absolute atomic E-state index is 0.255. The number of benzene rings is 1. The first-order valence-corrected chi connectivity index (χ1v) is 11.4. The van der Waals surface area contributed by atoms with E-state index in [1.807, 2.05) is 36.4 Å². The lowest BCUT2D eigenvalue weighted by Gasteiger charge is -2.18. The topological polar surface area (TPSA) is 96.0 Å². The third kappa shape index (κ3) is 3.87. The summed E-state index contributed by atoms with van der Waals surface area (Å²) in [6.45, 7) is 4.07. The smallest absolute Gasteiger partial charge is 0.268 e. The zero-order chi connectivity index (χ0) is 22.0. The molecular formula is C23H22N4O3S. The Labute approximate surface area is 180 Å². The highest BCUT2D eigenvalue weighted by Gasteiger charge is 2.25. The van der Waals surface area contributed by atoms with Gasteiger partial charge in [-0.1, -0.05) is 19.9 Å². The Bertz CT molecular complexity index is 1400. The molecule has 0 radical (unpaired) electrons. The zero-order valence-corrected chi connectivity index (χ0v) is 18.1. The monoisotopic (exact) mass is 434 g/mol. The maximum absolute atomic E-state index is 12.9. The molecule has 0 aliphatic heterocycles. The van der Waals surface area contributed by atoms with Gasteiger partial charge in [0.15, 0.2) is 0 Å². The minimum Gasteiger partial charge on any atom is -0.327 e. The normalized spacial score (nSPS) is 11.8. The number of hydrogen-bond acceptors (Lipinski definition) is 5. The minimum atomic E-state index is -3.89. The van der Waals surface area contributed by atoms with Crippen molar-refractivity contribution < 1.29 is 8.42 Å². The average molecular weight is 435 g/mol. The molecule has 0 saturated heterocycles. The molecule has 0 fully saturated rings. The van der Waals surface area contributed by atoms with Gasteiger partial charge in [-0.15, -0.1) is 0 Å². The quantitative estimate of drug-likeness (QED) is 0.499. The molecule has 4 rings (SSSR count). The second-order valence-corrected chi connectivity index (χ2v) is 8.90. The first-order chi connectivity index (χ1) is 15.0. The molecule has 3 heterocycles. The van der Waals surface area contributed by atoms with Crippen LogP contribution in [-0.2, 0) is 10.0 Å². The van der Waals surface area contributed by atoms with Crippen molar-refractivity contribution in [3.05, 3.63) is 77.6 Å². The SMILES string of the molecule is CCN(CC)S(=O)(=O)c1cc(-c2ccc3nccc(-c4ccncc4)c3c2)c[nH]c1=O. The van der Waals surface area contributed by atoms with Crippen molar-refractivity contribution in [1.29, 1.82) is 0 Å². The van der Waals surface area contributed by atoms with Crippen LogP contribution in [0.15, 0.2) is 76.9 Å². The Kier molecular flexibility index (Phi) is 5.67. The predicted molar refractivity (Wildman–Crippen MR) is 121 cm³/mol. The molecular weight excluding hydrogens is 412 g/mol. The third-order valence-corrected chi connectivity index (χ3v) is 7.31. The molecule has 0 bridgehead atoms. The molecule has 0 spiro atoms. The molecule has 0 aliphatic carbocycles. The average Bonchev–Trinajstić information content (AvgIpc) is 2.79. The Morgan fingerprint density at radius 1 is 0.903 bits per heavy atom. The van der Waals surface area contributed by atoms with E-state index in [0.717, 1.165) is 27.6 Å². The van der Waals surface area contributed by atoms with Gasteiger partial charge in [-0.05, 0) is 58.7 Å². The molecule has 0 saturated carbocycles. The summed E-state index contributed by atoms with van der Waals surface area (Å²) in [4.78, 5) is 23.2. The molecule has 158 valence electrons. The zero-order valence-electron chi connectivity index (χ0n) is 17.2. The van der Waals surface area contributed by atoms with Crippen LogP contribution in [-0.4, -0.2) is 40.8 Å². The fraction of sp³-hybridized carbons (Fsp3) is 0.174. The molecule has 31 heavy (non-hydrogen) atoms. The highest BCUT2D eigenvalue weighted by atomic mass is 32.2. The van der Waals surface area contributed by atoms with Crippen LogP contribution in [0.25, 0.3) is 33.2 Å². The highest BCUT2D eigenvalue weighted by molar-refractivity contribution is 7.89. The van der Waals surface area contributed by atoms with E-state index < -0.39 is 15.6 Å². The van der Waals surface area contributed by atoms with Gasteiger partial charge in [0.1, 0.15) is 4.90 Å². The number of hydrogen-bond donors (Lipinski definition) is 1. The maximum atomic E-state index is 12.9. The summed E-state index contributed by atoms with van der Waals surface area (Å²) in [5, 5.41) is 0.922.